The summed E-state index contributed by atoms with van der Waals surface area (Å²) < 4.78 is 16.8. The van der Waals surface area contributed by atoms with Crippen LogP contribution in [0.25, 0.3) is 0 Å². The summed E-state index contributed by atoms with van der Waals surface area (Å²) in [6, 6.07) is 0. The maximum Gasteiger partial charge on any atom is 0.306 e. The first kappa shape index (κ1) is 72.1. The zero-order chi connectivity index (χ0) is 55.0. The lowest BCUT2D eigenvalue weighted by Gasteiger charge is -2.18. The Kier molecular flexibility index (Phi) is 60.3. The van der Waals surface area contributed by atoms with Gasteiger partial charge in [0.05, 0.1) is 0 Å². The standard InChI is InChI=1S/C70H118O6/c1-4-7-10-13-16-19-22-25-28-30-32-33-34-35-36-37-39-40-42-45-48-51-54-57-60-63-69(72)75-66-67(65-74-68(71)62-59-56-53-50-47-44-27-24-21-18-15-12-9-6-3)76-70(73)64-61-58-55-52-49-46-43-41-38-31-29-26-23-20-17-14-11-8-5-2/h8,11,17,20,22,24-27,29-30,32,38,41,46,49,55,58,67H,4-7,9-10,12-16,18-19,21,23,28,31,33-37,39-40,42-45,47-48,50-54,56-57,59-66H2,1-3H3/b11-8-,20-17-,25-22-,27-24-,29-26-,32-30-,41-38-,49-46-,58-55-. The molecular formula is C70H118O6. The van der Waals surface area contributed by atoms with Crippen LogP contribution < -0.4 is 0 Å². The highest BCUT2D eigenvalue weighted by Crippen LogP contribution is 2.15. The first-order valence-corrected chi connectivity index (χ1v) is 31.9. The molecule has 6 heteroatoms. The van der Waals surface area contributed by atoms with Crippen molar-refractivity contribution in [3.8, 4) is 0 Å². The number of allylic oxidation sites excluding steroid dienone is 18. The normalized spacial score (nSPS) is 12.8. The molecule has 0 aromatic rings. The average molecular weight is 1060 g/mol. The van der Waals surface area contributed by atoms with Crippen molar-refractivity contribution in [1.82, 2.24) is 0 Å². The average Bonchev–Trinajstić information content (AvgIpc) is 3.42. The predicted molar refractivity (Wildman–Crippen MR) is 330 cm³/mol. The molecule has 434 valence electrons. The Morgan fingerprint density at radius 1 is 0.276 bits per heavy atom. The van der Waals surface area contributed by atoms with Gasteiger partial charge in [0, 0.05) is 19.3 Å². The second-order valence-electron chi connectivity index (χ2n) is 20.9. The van der Waals surface area contributed by atoms with Crippen molar-refractivity contribution in [3.05, 3.63) is 109 Å². The molecule has 1 unspecified atom stereocenters. The maximum atomic E-state index is 12.9. The molecule has 0 aliphatic carbocycles. The summed E-state index contributed by atoms with van der Waals surface area (Å²) in [7, 11) is 0. The molecular weight excluding hydrogens is 937 g/mol. The summed E-state index contributed by atoms with van der Waals surface area (Å²) in [5.74, 6) is -1.000. The van der Waals surface area contributed by atoms with Gasteiger partial charge in [-0.3, -0.25) is 14.4 Å². The molecule has 0 aromatic heterocycles. The molecule has 0 N–H and O–H groups in total. The van der Waals surface area contributed by atoms with Crippen LogP contribution in [-0.4, -0.2) is 37.2 Å². The van der Waals surface area contributed by atoms with E-state index in [1.54, 1.807) is 0 Å². The summed E-state index contributed by atoms with van der Waals surface area (Å²) in [6.07, 6.45) is 86.8. The van der Waals surface area contributed by atoms with E-state index in [-0.39, 0.29) is 31.6 Å². The van der Waals surface area contributed by atoms with Crippen molar-refractivity contribution in [2.75, 3.05) is 13.2 Å². The van der Waals surface area contributed by atoms with Gasteiger partial charge in [-0.15, -0.1) is 0 Å². The molecule has 0 heterocycles. The molecule has 0 saturated carbocycles. The van der Waals surface area contributed by atoms with Crippen LogP contribution in [0.5, 0.6) is 0 Å². The number of hydrogen-bond acceptors (Lipinski definition) is 6. The fraction of sp³-hybridized carbons (Fsp3) is 0.700. The van der Waals surface area contributed by atoms with Crippen LogP contribution in [0.1, 0.15) is 297 Å². The third kappa shape index (κ3) is 60.9. The van der Waals surface area contributed by atoms with Crippen LogP contribution in [0.4, 0.5) is 0 Å². The molecule has 0 spiro atoms. The van der Waals surface area contributed by atoms with E-state index in [2.05, 4.69) is 124 Å². The molecule has 0 bridgehead atoms. The lowest BCUT2D eigenvalue weighted by atomic mass is 10.0. The SMILES string of the molecule is CC/C=C\C/C=C\C/C=C\C/C=C\C/C=C\C/C=C\CCC(=O)OC(COC(=O)CCCCCCC/C=C\CCCCCCC)COC(=O)CCCCCCCCCCCCCCC/C=C\C/C=C\CCCCCCC. The second kappa shape index (κ2) is 63.6. The van der Waals surface area contributed by atoms with Crippen molar-refractivity contribution >= 4 is 17.9 Å². The molecule has 1 atom stereocenters. The van der Waals surface area contributed by atoms with Gasteiger partial charge in [-0.1, -0.05) is 271 Å². The first-order chi connectivity index (χ1) is 37.5. The van der Waals surface area contributed by atoms with Gasteiger partial charge in [0.1, 0.15) is 13.2 Å². The molecule has 0 aliphatic rings. The monoisotopic (exact) mass is 1050 g/mol. The lowest BCUT2D eigenvalue weighted by Crippen LogP contribution is -2.30. The van der Waals surface area contributed by atoms with Gasteiger partial charge >= 0.3 is 17.9 Å². The summed E-state index contributed by atoms with van der Waals surface area (Å²) in [5.41, 5.74) is 0. The van der Waals surface area contributed by atoms with Gasteiger partial charge in [0.25, 0.3) is 0 Å². The van der Waals surface area contributed by atoms with Gasteiger partial charge in [-0.05, 0) is 116 Å². The summed E-state index contributed by atoms with van der Waals surface area (Å²) in [6.45, 7) is 6.46. The van der Waals surface area contributed by atoms with E-state index in [1.165, 1.54) is 154 Å². The number of unbranched alkanes of at least 4 members (excludes halogenated alkanes) is 28. The van der Waals surface area contributed by atoms with Gasteiger partial charge in [0.2, 0.25) is 0 Å². The van der Waals surface area contributed by atoms with Crippen molar-refractivity contribution < 1.29 is 28.6 Å². The Labute approximate surface area is 470 Å². The van der Waals surface area contributed by atoms with Gasteiger partial charge in [0.15, 0.2) is 6.10 Å². The predicted octanol–water partition coefficient (Wildman–Crippen LogP) is 21.8. The molecule has 0 fully saturated rings. The van der Waals surface area contributed by atoms with Gasteiger partial charge < -0.3 is 14.2 Å². The Morgan fingerprint density at radius 3 is 0.868 bits per heavy atom. The number of carbonyl (C=O) groups excluding carboxylic acids is 3. The number of esters is 3. The molecule has 0 aliphatic heterocycles. The van der Waals surface area contributed by atoms with E-state index >= 15 is 0 Å². The molecule has 0 amide bonds. The number of hydrogen-bond donors (Lipinski definition) is 0. The third-order valence-corrected chi connectivity index (χ3v) is 13.5. The van der Waals surface area contributed by atoms with Crippen molar-refractivity contribution in [2.45, 2.75) is 303 Å². The van der Waals surface area contributed by atoms with Gasteiger partial charge in [-0.2, -0.15) is 0 Å². The lowest BCUT2D eigenvalue weighted by molar-refractivity contribution is -0.166. The van der Waals surface area contributed by atoms with Crippen LogP contribution in [0, 0.1) is 0 Å². The number of carbonyl (C=O) groups is 3. The van der Waals surface area contributed by atoms with E-state index < -0.39 is 12.1 Å². The number of rotatable bonds is 57. The molecule has 0 saturated heterocycles. The smallest absolute Gasteiger partial charge is 0.306 e. The quantitative estimate of drug-likeness (QED) is 0.0261. The van der Waals surface area contributed by atoms with E-state index in [0.29, 0.717) is 19.3 Å². The zero-order valence-corrected chi connectivity index (χ0v) is 49.7. The van der Waals surface area contributed by atoms with Crippen LogP contribution in [-0.2, 0) is 28.6 Å². The Bertz CT molecular complexity index is 1540. The zero-order valence-electron chi connectivity index (χ0n) is 49.7. The van der Waals surface area contributed by atoms with Crippen molar-refractivity contribution in [3.63, 3.8) is 0 Å². The first-order valence-electron chi connectivity index (χ1n) is 31.9. The van der Waals surface area contributed by atoms with Crippen LogP contribution in [0.3, 0.4) is 0 Å². The Balaban J connectivity index is 4.42. The topological polar surface area (TPSA) is 78.9 Å². The Hall–Kier alpha value is -3.93. The molecule has 0 radical (unpaired) electrons. The highest BCUT2D eigenvalue weighted by molar-refractivity contribution is 5.71. The van der Waals surface area contributed by atoms with Crippen molar-refractivity contribution in [2.24, 2.45) is 0 Å². The highest BCUT2D eigenvalue weighted by atomic mass is 16.6. The molecule has 0 aromatic carbocycles. The van der Waals surface area contributed by atoms with Crippen LogP contribution in [0.2, 0.25) is 0 Å². The highest BCUT2D eigenvalue weighted by Gasteiger charge is 2.19. The minimum Gasteiger partial charge on any atom is -0.462 e. The second-order valence-corrected chi connectivity index (χ2v) is 20.9. The van der Waals surface area contributed by atoms with Crippen molar-refractivity contribution in [1.29, 1.82) is 0 Å². The van der Waals surface area contributed by atoms with E-state index in [9.17, 15) is 14.4 Å². The van der Waals surface area contributed by atoms with Gasteiger partial charge in [-0.25, -0.2) is 0 Å². The fourth-order valence-corrected chi connectivity index (χ4v) is 8.73. The van der Waals surface area contributed by atoms with Crippen LogP contribution >= 0.6 is 0 Å². The fourth-order valence-electron chi connectivity index (χ4n) is 8.73. The summed E-state index contributed by atoms with van der Waals surface area (Å²) >= 11 is 0. The molecule has 6 nitrogen and oxygen atoms in total. The summed E-state index contributed by atoms with van der Waals surface area (Å²) in [4.78, 5) is 38.3. The third-order valence-electron chi connectivity index (χ3n) is 13.5. The minimum atomic E-state index is -0.824. The largest absolute Gasteiger partial charge is 0.462 e. The molecule has 0 rings (SSSR count). The van der Waals surface area contributed by atoms with E-state index in [0.717, 1.165) is 96.3 Å². The molecule has 76 heavy (non-hydrogen) atoms. The van der Waals surface area contributed by atoms with E-state index in [1.807, 2.05) is 6.08 Å². The number of ether oxygens (including phenoxy) is 3. The maximum absolute atomic E-state index is 12.9. The van der Waals surface area contributed by atoms with E-state index in [4.69, 9.17) is 14.2 Å². The minimum absolute atomic E-state index is 0.111. The summed E-state index contributed by atoms with van der Waals surface area (Å²) in [5, 5.41) is 0. The van der Waals surface area contributed by atoms with Crippen LogP contribution in [0.15, 0.2) is 109 Å². The Morgan fingerprint density at radius 2 is 0.539 bits per heavy atom.